The van der Waals surface area contributed by atoms with Crippen LogP contribution in [0.5, 0.6) is 5.75 Å². The van der Waals surface area contributed by atoms with Crippen molar-refractivity contribution in [3.8, 4) is 17.6 Å². The van der Waals surface area contributed by atoms with Crippen LogP contribution in [-0.4, -0.2) is 19.6 Å². The number of amides is 1. The lowest BCUT2D eigenvalue weighted by Gasteiger charge is -2.18. The maximum atomic E-state index is 12.1. The molecule has 0 radical (unpaired) electrons. The van der Waals surface area contributed by atoms with Crippen molar-refractivity contribution < 1.29 is 9.53 Å². The quantitative estimate of drug-likeness (QED) is 0.848. The maximum Gasteiger partial charge on any atom is 0.251 e. The lowest BCUT2D eigenvalue weighted by Crippen LogP contribution is -2.27. The number of hydrogen-bond acceptors (Lipinski definition) is 2. The third kappa shape index (κ3) is 6.35. The molecule has 1 amide bonds. The minimum Gasteiger partial charge on any atom is -0.497 e. The van der Waals surface area contributed by atoms with Gasteiger partial charge in [0.15, 0.2) is 0 Å². The molecule has 1 N–H and O–H groups in total. The highest BCUT2D eigenvalue weighted by molar-refractivity contribution is 5.94. The zero-order valence-electron chi connectivity index (χ0n) is 15.3. The summed E-state index contributed by atoms with van der Waals surface area (Å²) in [5, 5.41) is 2.96. The Balaban J connectivity index is 1.95. The number of methoxy groups -OCH3 is 1. The molecule has 0 aromatic heterocycles. The smallest absolute Gasteiger partial charge is 0.251 e. The Hall–Kier alpha value is -2.73. The number of hydrogen-bond donors (Lipinski definition) is 1. The van der Waals surface area contributed by atoms with Crippen LogP contribution in [0.15, 0.2) is 48.5 Å². The number of rotatable bonds is 4. The first kappa shape index (κ1) is 18.6. The Morgan fingerprint density at radius 1 is 0.960 bits per heavy atom. The van der Waals surface area contributed by atoms with Crippen LogP contribution in [0.1, 0.15) is 48.7 Å². The van der Waals surface area contributed by atoms with E-state index < -0.39 is 0 Å². The largest absolute Gasteiger partial charge is 0.497 e. The SMILES string of the molecule is COc1ccc(C#Cc2ccc(C(=O)NCCC(C)(C)C)cc2)cc1. The van der Waals surface area contributed by atoms with Crippen molar-refractivity contribution in [1.29, 1.82) is 0 Å². The van der Waals surface area contributed by atoms with Crippen molar-refractivity contribution in [1.82, 2.24) is 5.32 Å². The molecule has 0 aliphatic carbocycles. The number of nitrogens with one attached hydrogen (secondary N) is 1. The molecule has 0 aliphatic rings. The van der Waals surface area contributed by atoms with E-state index in [0.717, 1.165) is 23.3 Å². The molecule has 0 heterocycles. The van der Waals surface area contributed by atoms with Gasteiger partial charge in [0.25, 0.3) is 5.91 Å². The van der Waals surface area contributed by atoms with E-state index in [4.69, 9.17) is 4.74 Å². The van der Waals surface area contributed by atoms with Crippen LogP contribution in [0.3, 0.4) is 0 Å². The predicted molar refractivity (Wildman–Crippen MR) is 102 cm³/mol. The Morgan fingerprint density at radius 2 is 1.48 bits per heavy atom. The van der Waals surface area contributed by atoms with Crippen LogP contribution < -0.4 is 10.1 Å². The fraction of sp³-hybridized carbons (Fsp3) is 0.318. The zero-order valence-corrected chi connectivity index (χ0v) is 15.3. The molecule has 130 valence electrons. The summed E-state index contributed by atoms with van der Waals surface area (Å²) < 4.78 is 5.13. The van der Waals surface area contributed by atoms with E-state index in [-0.39, 0.29) is 11.3 Å². The summed E-state index contributed by atoms with van der Waals surface area (Å²) in [4.78, 5) is 12.1. The fourth-order valence-corrected chi connectivity index (χ4v) is 2.18. The highest BCUT2D eigenvalue weighted by atomic mass is 16.5. The van der Waals surface area contributed by atoms with Gasteiger partial charge < -0.3 is 10.1 Å². The van der Waals surface area contributed by atoms with Crippen molar-refractivity contribution in [2.75, 3.05) is 13.7 Å². The lowest BCUT2D eigenvalue weighted by molar-refractivity contribution is 0.0949. The van der Waals surface area contributed by atoms with Crippen LogP contribution in [-0.2, 0) is 0 Å². The molecular formula is C22H25NO2. The van der Waals surface area contributed by atoms with Gasteiger partial charge in [-0.3, -0.25) is 4.79 Å². The molecule has 3 nitrogen and oxygen atoms in total. The van der Waals surface area contributed by atoms with E-state index in [0.29, 0.717) is 12.1 Å². The van der Waals surface area contributed by atoms with Gasteiger partial charge in [-0.15, -0.1) is 0 Å². The van der Waals surface area contributed by atoms with Crippen LogP contribution >= 0.6 is 0 Å². The summed E-state index contributed by atoms with van der Waals surface area (Å²) in [6.07, 6.45) is 0.949. The van der Waals surface area contributed by atoms with Gasteiger partial charge in [-0.25, -0.2) is 0 Å². The van der Waals surface area contributed by atoms with Gasteiger partial charge >= 0.3 is 0 Å². The van der Waals surface area contributed by atoms with Gasteiger partial charge in [0, 0.05) is 23.2 Å². The zero-order chi connectivity index (χ0) is 18.3. The van der Waals surface area contributed by atoms with Crippen molar-refractivity contribution in [3.05, 3.63) is 65.2 Å². The summed E-state index contributed by atoms with van der Waals surface area (Å²) in [6, 6.07) is 15.0. The molecule has 25 heavy (non-hydrogen) atoms. The predicted octanol–water partition coefficient (Wildman–Crippen LogP) is 4.26. The number of carbonyl (C=O) groups is 1. The molecule has 0 unspecified atom stereocenters. The molecule has 0 aliphatic heterocycles. The van der Waals surface area contributed by atoms with Crippen molar-refractivity contribution in [3.63, 3.8) is 0 Å². The molecule has 0 saturated carbocycles. The van der Waals surface area contributed by atoms with E-state index in [2.05, 4.69) is 37.9 Å². The second-order valence-electron chi connectivity index (χ2n) is 7.12. The van der Waals surface area contributed by atoms with Gasteiger partial charge in [-0.05, 0) is 60.4 Å². The van der Waals surface area contributed by atoms with E-state index >= 15 is 0 Å². The van der Waals surface area contributed by atoms with Crippen molar-refractivity contribution in [2.24, 2.45) is 5.41 Å². The summed E-state index contributed by atoms with van der Waals surface area (Å²) in [5.74, 6) is 6.98. The molecule has 0 atom stereocenters. The lowest BCUT2D eigenvalue weighted by atomic mass is 9.92. The minimum absolute atomic E-state index is 0.0427. The summed E-state index contributed by atoms with van der Waals surface area (Å²) in [5.41, 5.74) is 2.67. The second kappa shape index (κ2) is 8.39. The van der Waals surface area contributed by atoms with E-state index in [1.165, 1.54) is 0 Å². The summed E-state index contributed by atoms with van der Waals surface area (Å²) >= 11 is 0. The number of benzene rings is 2. The first-order valence-corrected chi connectivity index (χ1v) is 8.42. The monoisotopic (exact) mass is 335 g/mol. The van der Waals surface area contributed by atoms with E-state index in [9.17, 15) is 4.79 Å². The van der Waals surface area contributed by atoms with Gasteiger partial charge in [0.2, 0.25) is 0 Å². The average Bonchev–Trinajstić information content (AvgIpc) is 2.59. The Kier molecular flexibility index (Phi) is 6.25. The molecule has 2 rings (SSSR count). The third-order valence-corrected chi connectivity index (χ3v) is 3.75. The molecule has 2 aromatic carbocycles. The fourth-order valence-electron chi connectivity index (χ4n) is 2.18. The Morgan fingerprint density at radius 3 is 1.96 bits per heavy atom. The minimum atomic E-state index is -0.0427. The Bertz CT molecular complexity index is 757. The molecular weight excluding hydrogens is 310 g/mol. The number of ether oxygens (including phenoxy) is 1. The standard InChI is InChI=1S/C22H25NO2/c1-22(2,3)15-16-23-21(24)19-11-7-17(8-12-19)5-6-18-9-13-20(25-4)14-10-18/h7-14H,15-16H2,1-4H3,(H,23,24). The third-order valence-electron chi connectivity index (χ3n) is 3.75. The van der Waals surface area contributed by atoms with Crippen LogP contribution in [0.25, 0.3) is 0 Å². The normalized spacial score (nSPS) is 10.6. The average molecular weight is 335 g/mol. The number of carbonyl (C=O) groups excluding carboxylic acids is 1. The van der Waals surface area contributed by atoms with Crippen molar-refractivity contribution >= 4 is 5.91 Å². The molecule has 0 bridgehead atoms. The molecule has 0 spiro atoms. The molecule has 2 aromatic rings. The highest BCUT2D eigenvalue weighted by Crippen LogP contribution is 2.17. The van der Waals surface area contributed by atoms with E-state index in [1.54, 1.807) is 7.11 Å². The highest BCUT2D eigenvalue weighted by Gasteiger charge is 2.11. The van der Waals surface area contributed by atoms with Crippen LogP contribution in [0.4, 0.5) is 0 Å². The molecule has 0 saturated heterocycles. The van der Waals surface area contributed by atoms with Crippen LogP contribution in [0, 0.1) is 17.3 Å². The first-order chi connectivity index (χ1) is 11.9. The van der Waals surface area contributed by atoms with Crippen molar-refractivity contribution in [2.45, 2.75) is 27.2 Å². The van der Waals surface area contributed by atoms with Gasteiger partial charge in [0.05, 0.1) is 7.11 Å². The summed E-state index contributed by atoms with van der Waals surface area (Å²) in [7, 11) is 1.64. The van der Waals surface area contributed by atoms with E-state index in [1.807, 2.05) is 48.5 Å². The Labute approximate surface area is 150 Å². The van der Waals surface area contributed by atoms with Crippen LogP contribution in [0.2, 0.25) is 0 Å². The van der Waals surface area contributed by atoms with Gasteiger partial charge in [-0.1, -0.05) is 32.6 Å². The van der Waals surface area contributed by atoms with Gasteiger partial charge in [0.1, 0.15) is 5.75 Å². The topological polar surface area (TPSA) is 38.3 Å². The molecule has 3 heteroatoms. The van der Waals surface area contributed by atoms with Gasteiger partial charge in [-0.2, -0.15) is 0 Å². The maximum absolute atomic E-state index is 12.1. The first-order valence-electron chi connectivity index (χ1n) is 8.42. The second-order valence-corrected chi connectivity index (χ2v) is 7.12. The summed E-state index contributed by atoms with van der Waals surface area (Å²) in [6.45, 7) is 7.17. The molecule has 0 fully saturated rings.